The van der Waals surface area contributed by atoms with E-state index in [0.29, 0.717) is 5.92 Å². The van der Waals surface area contributed by atoms with Gasteiger partial charge in [0.15, 0.2) is 0 Å². The number of hydrogen-bond donors (Lipinski definition) is 0. The van der Waals surface area contributed by atoms with Crippen LogP contribution < -0.4 is 0 Å². The van der Waals surface area contributed by atoms with Crippen LogP contribution in [0.5, 0.6) is 0 Å². The monoisotopic (exact) mass is 202 g/mol. The van der Waals surface area contributed by atoms with Gasteiger partial charge in [-0.15, -0.1) is 0 Å². The molecule has 80 valence electrons. The van der Waals surface area contributed by atoms with Gasteiger partial charge in [0.1, 0.15) is 0 Å². The molecule has 1 unspecified atom stereocenters. The van der Waals surface area contributed by atoms with E-state index in [1.165, 1.54) is 22.9 Å². The van der Waals surface area contributed by atoms with E-state index in [0.717, 1.165) is 6.54 Å². The summed E-state index contributed by atoms with van der Waals surface area (Å²) in [6.45, 7) is 7.59. The summed E-state index contributed by atoms with van der Waals surface area (Å²) in [5.41, 5.74) is 2.74. The van der Waals surface area contributed by atoms with E-state index in [-0.39, 0.29) is 0 Å². The molecule has 0 aliphatic heterocycles. The Morgan fingerprint density at radius 2 is 2.13 bits per heavy atom. The molecule has 2 nitrogen and oxygen atoms in total. The minimum atomic E-state index is 0.607. The zero-order valence-electron chi connectivity index (χ0n) is 9.70. The van der Waals surface area contributed by atoms with Crippen LogP contribution in [0.15, 0.2) is 24.4 Å². The lowest BCUT2D eigenvalue weighted by Gasteiger charge is -2.12. The number of hydrogen-bond acceptors (Lipinski definition) is 1. The smallest absolute Gasteiger partial charge is 0.0716 e. The van der Waals surface area contributed by atoms with Crippen molar-refractivity contribution in [3.8, 4) is 0 Å². The second kappa shape index (κ2) is 4.05. The summed E-state index contributed by atoms with van der Waals surface area (Å²) < 4.78 is 2.09. The molecule has 0 saturated carbocycles. The second-order valence-electron chi connectivity index (χ2n) is 4.05. The van der Waals surface area contributed by atoms with E-state index in [1.54, 1.807) is 0 Å². The summed E-state index contributed by atoms with van der Waals surface area (Å²) in [7, 11) is 0. The molecule has 1 aromatic carbocycles. The van der Waals surface area contributed by atoms with E-state index < -0.39 is 0 Å². The molecular formula is C13H18N2. The fraction of sp³-hybridized carbons (Fsp3) is 0.462. The Hall–Kier alpha value is -1.31. The Balaban J connectivity index is 2.66. The third-order valence-electron chi connectivity index (χ3n) is 3.14. The number of rotatable bonds is 3. The van der Waals surface area contributed by atoms with Gasteiger partial charge >= 0.3 is 0 Å². The molecule has 2 heteroatoms. The molecule has 0 spiro atoms. The van der Waals surface area contributed by atoms with Crippen molar-refractivity contribution in [2.24, 2.45) is 0 Å². The molecular weight excluding hydrogens is 184 g/mol. The lowest BCUT2D eigenvalue weighted by Crippen LogP contribution is -2.00. The minimum absolute atomic E-state index is 0.607. The summed E-state index contributed by atoms with van der Waals surface area (Å²) in [6.07, 6.45) is 3.14. The Bertz CT molecular complexity index is 457. The predicted octanol–water partition coefficient (Wildman–Crippen LogP) is 3.57. The first-order valence-electron chi connectivity index (χ1n) is 5.72. The number of aromatic nitrogens is 2. The Morgan fingerprint density at radius 1 is 1.33 bits per heavy atom. The number of aryl methyl sites for hydroxylation is 1. The largest absolute Gasteiger partial charge is 0.265 e. The molecule has 0 aliphatic carbocycles. The molecule has 2 aromatic rings. The number of fused-ring (bicyclic) bond motifs is 1. The standard InChI is InChI=1S/C13H18N2/c1-4-10(3)12-8-6-7-11-9-14-15(5-2)13(11)12/h6-10H,4-5H2,1-3H3. The highest BCUT2D eigenvalue weighted by Gasteiger charge is 2.11. The predicted molar refractivity (Wildman–Crippen MR) is 64.1 cm³/mol. The minimum Gasteiger partial charge on any atom is -0.265 e. The highest BCUT2D eigenvalue weighted by atomic mass is 15.3. The molecule has 1 atom stereocenters. The zero-order chi connectivity index (χ0) is 10.8. The van der Waals surface area contributed by atoms with Crippen LogP contribution in [0, 0.1) is 0 Å². The third-order valence-corrected chi connectivity index (χ3v) is 3.14. The van der Waals surface area contributed by atoms with Crippen molar-refractivity contribution in [3.05, 3.63) is 30.0 Å². The van der Waals surface area contributed by atoms with Gasteiger partial charge in [-0.2, -0.15) is 5.10 Å². The van der Waals surface area contributed by atoms with Gasteiger partial charge in [0.05, 0.1) is 11.7 Å². The SMILES string of the molecule is CCC(C)c1cccc2cnn(CC)c12. The highest BCUT2D eigenvalue weighted by Crippen LogP contribution is 2.27. The lowest BCUT2D eigenvalue weighted by molar-refractivity contribution is 0.669. The van der Waals surface area contributed by atoms with Crippen molar-refractivity contribution < 1.29 is 0 Å². The van der Waals surface area contributed by atoms with Crippen molar-refractivity contribution in [3.63, 3.8) is 0 Å². The lowest BCUT2D eigenvalue weighted by atomic mass is 9.96. The third kappa shape index (κ3) is 1.65. The Morgan fingerprint density at radius 3 is 2.80 bits per heavy atom. The summed E-state index contributed by atoms with van der Waals surface area (Å²) in [5.74, 6) is 0.607. The first-order chi connectivity index (χ1) is 7.27. The van der Waals surface area contributed by atoms with Crippen molar-refractivity contribution in [1.82, 2.24) is 9.78 Å². The van der Waals surface area contributed by atoms with Crippen LogP contribution in [-0.2, 0) is 6.54 Å². The average molecular weight is 202 g/mol. The molecule has 0 saturated heterocycles. The molecule has 0 bridgehead atoms. The molecule has 0 radical (unpaired) electrons. The van der Waals surface area contributed by atoms with Gasteiger partial charge in [-0.3, -0.25) is 4.68 Å². The molecule has 0 aliphatic rings. The number of nitrogens with zero attached hydrogens (tertiary/aromatic N) is 2. The van der Waals surface area contributed by atoms with Crippen LogP contribution in [0.1, 0.15) is 38.7 Å². The Labute approximate surface area is 90.9 Å². The van der Waals surface area contributed by atoms with Gasteiger partial charge < -0.3 is 0 Å². The van der Waals surface area contributed by atoms with E-state index in [2.05, 4.69) is 48.8 Å². The van der Waals surface area contributed by atoms with Crippen LogP contribution in [0.25, 0.3) is 10.9 Å². The van der Waals surface area contributed by atoms with Crippen LogP contribution in [0.3, 0.4) is 0 Å². The van der Waals surface area contributed by atoms with E-state index in [4.69, 9.17) is 0 Å². The van der Waals surface area contributed by atoms with Crippen LogP contribution in [-0.4, -0.2) is 9.78 Å². The Kier molecular flexibility index (Phi) is 2.76. The van der Waals surface area contributed by atoms with Crippen LogP contribution in [0.2, 0.25) is 0 Å². The summed E-state index contributed by atoms with van der Waals surface area (Å²) >= 11 is 0. The maximum atomic E-state index is 4.41. The zero-order valence-corrected chi connectivity index (χ0v) is 9.70. The maximum absolute atomic E-state index is 4.41. The molecule has 1 heterocycles. The second-order valence-corrected chi connectivity index (χ2v) is 4.05. The molecule has 2 rings (SSSR count). The van der Waals surface area contributed by atoms with Gasteiger partial charge in [-0.25, -0.2) is 0 Å². The van der Waals surface area contributed by atoms with Crippen molar-refractivity contribution in [1.29, 1.82) is 0 Å². The fourth-order valence-corrected chi connectivity index (χ4v) is 2.03. The summed E-state index contributed by atoms with van der Waals surface area (Å²) in [4.78, 5) is 0. The van der Waals surface area contributed by atoms with Gasteiger partial charge in [0, 0.05) is 11.9 Å². The van der Waals surface area contributed by atoms with E-state index in [9.17, 15) is 0 Å². The van der Waals surface area contributed by atoms with E-state index >= 15 is 0 Å². The molecule has 0 fully saturated rings. The quantitative estimate of drug-likeness (QED) is 0.744. The van der Waals surface area contributed by atoms with Gasteiger partial charge in [0.25, 0.3) is 0 Å². The number of benzene rings is 1. The van der Waals surface area contributed by atoms with Crippen molar-refractivity contribution in [2.75, 3.05) is 0 Å². The van der Waals surface area contributed by atoms with Crippen molar-refractivity contribution >= 4 is 10.9 Å². The normalized spacial score (nSPS) is 13.3. The molecule has 15 heavy (non-hydrogen) atoms. The highest BCUT2D eigenvalue weighted by molar-refractivity contribution is 5.82. The summed E-state index contributed by atoms with van der Waals surface area (Å²) in [6, 6.07) is 6.50. The van der Waals surface area contributed by atoms with Gasteiger partial charge in [0.2, 0.25) is 0 Å². The maximum Gasteiger partial charge on any atom is 0.0716 e. The van der Waals surface area contributed by atoms with Crippen molar-refractivity contribution in [2.45, 2.75) is 39.7 Å². The first kappa shape index (κ1) is 10.2. The van der Waals surface area contributed by atoms with E-state index in [1.807, 2.05) is 6.20 Å². The fourth-order valence-electron chi connectivity index (χ4n) is 2.03. The molecule has 1 aromatic heterocycles. The van der Waals surface area contributed by atoms with Gasteiger partial charge in [-0.05, 0) is 24.8 Å². The topological polar surface area (TPSA) is 17.8 Å². The molecule has 0 amide bonds. The summed E-state index contributed by atoms with van der Waals surface area (Å²) in [5, 5.41) is 5.67. The number of para-hydroxylation sites is 1. The van der Waals surface area contributed by atoms with Crippen LogP contribution >= 0.6 is 0 Å². The van der Waals surface area contributed by atoms with Gasteiger partial charge in [-0.1, -0.05) is 32.0 Å². The van der Waals surface area contributed by atoms with Crippen LogP contribution in [0.4, 0.5) is 0 Å². The average Bonchev–Trinajstić information content (AvgIpc) is 2.70. The molecule has 0 N–H and O–H groups in total. The first-order valence-corrected chi connectivity index (χ1v) is 5.72.